The molecule has 0 spiro atoms. The first-order valence-electron chi connectivity index (χ1n) is 4.17. The van der Waals surface area contributed by atoms with E-state index in [9.17, 15) is 13.6 Å². The van der Waals surface area contributed by atoms with Crippen LogP contribution < -0.4 is 0 Å². The lowest BCUT2D eigenvalue weighted by Gasteiger charge is -2.04. The molecule has 15 heavy (non-hydrogen) atoms. The average molecular weight is 280 g/mol. The molecule has 1 aromatic heterocycles. The second-order valence-corrected chi connectivity index (χ2v) is 3.44. The highest BCUT2D eigenvalue weighted by atomic mass is 79.9. The van der Waals surface area contributed by atoms with E-state index in [1.165, 1.54) is 0 Å². The standard InChI is InChI=1S/C9H8BrF2NO2/c1-2-15-9(14)6-3-5(8(11)12)4-7(10)13-6/h3-4,8H,2H2,1H3. The maximum absolute atomic E-state index is 12.4. The van der Waals surface area contributed by atoms with Crippen molar-refractivity contribution in [3.63, 3.8) is 0 Å². The fourth-order valence-electron chi connectivity index (χ4n) is 0.952. The maximum atomic E-state index is 12.4. The van der Waals surface area contributed by atoms with Crippen LogP contribution in [-0.4, -0.2) is 17.6 Å². The zero-order chi connectivity index (χ0) is 11.4. The molecular weight excluding hydrogens is 272 g/mol. The van der Waals surface area contributed by atoms with Gasteiger partial charge in [0.05, 0.1) is 6.61 Å². The minimum absolute atomic E-state index is 0.124. The molecule has 0 radical (unpaired) electrons. The van der Waals surface area contributed by atoms with Gasteiger partial charge in [-0.25, -0.2) is 18.6 Å². The van der Waals surface area contributed by atoms with Crippen LogP contribution in [0.4, 0.5) is 8.78 Å². The van der Waals surface area contributed by atoms with Crippen LogP contribution in [0.2, 0.25) is 0 Å². The normalized spacial score (nSPS) is 10.5. The number of carbonyl (C=O) groups excluding carboxylic acids is 1. The van der Waals surface area contributed by atoms with E-state index in [2.05, 4.69) is 25.7 Å². The zero-order valence-corrected chi connectivity index (χ0v) is 9.42. The van der Waals surface area contributed by atoms with Crippen LogP contribution in [0.1, 0.15) is 29.4 Å². The number of hydrogen-bond acceptors (Lipinski definition) is 3. The van der Waals surface area contributed by atoms with E-state index in [4.69, 9.17) is 0 Å². The average Bonchev–Trinajstić information content (AvgIpc) is 2.17. The molecule has 0 unspecified atom stereocenters. The lowest BCUT2D eigenvalue weighted by atomic mass is 10.2. The monoisotopic (exact) mass is 279 g/mol. The first-order valence-corrected chi connectivity index (χ1v) is 4.96. The highest BCUT2D eigenvalue weighted by molar-refractivity contribution is 9.10. The minimum Gasteiger partial charge on any atom is -0.461 e. The Morgan fingerprint density at radius 2 is 2.27 bits per heavy atom. The molecule has 0 bridgehead atoms. The topological polar surface area (TPSA) is 39.2 Å². The molecule has 0 amide bonds. The fraction of sp³-hybridized carbons (Fsp3) is 0.333. The van der Waals surface area contributed by atoms with Crippen molar-refractivity contribution in [2.45, 2.75) is 13.3 Å². The Morgan fingerprint density at radius 3 is 2.80 bits per heavy atom. The van der Waals surface area contributed by atoms with Crippen LogP contribution in [0.15, 0.2) is 16.7 Å². The van der Waals surface area contributed by atoms with Gasteiger partial charge >= 0.3 is 5.97 Å². The van der Waals surface area contributed by atoms with Crippen molar-refractivity contribution in [2.24, 2.45) is 0 Å². The summed E-state index contributed by atoms with van der Waals surface area (Å²) in [7, 11) is 0. The molecule has 0 saturated carbocycles. The van der Waals surface area contributed by atoms with Gasteiger partial charge in [-0.1, -0.05) is 0 Å². The van der Waals surface area contributed by atoms with Crippen molar-refractivity contribution in [1.82, 2.24) is 4.98 Å². The number of nitrogens with zero attached hydrogens (tertiary/aromatic N) is 1. The van der Waals surface area contributed by atoms with Crippen LogP contribution >= 0.6 is 15.9 Å². The summed E-state index contributed by atoms with van der Waals surface area (Å²) in [5.41, 5.74) is -0.388. The third kappa shape index (κ3) is 3.23. The summed E-state index contributed by atoms with van der Waals surface area (Å²) in [5, 5.41) is 0. The van der Waals surface area contributed by atoms with E-state index in [1.54, 1.807) is 6.92 Å². The number of alkyl halides is 2. The Bertz CT molecular complexity index is 371. The first-order chi connectivity index (χ1) is 7.04. The molecule has 0 fully saturated rings. The number of carbonyl (C=O) groups is 1. The Kier molecular flexibility index (Phi) is 4.14. The molecule has 0 atom stereocenters. The lowest BCUT2D eigenvalue weighted by Crippen LogP contribution is -2.08. The van der Waals surface area contributed by atoms with E-state index < -0.39 is 12.4 Å². The molecule has 3 nitrogen and oxygen atoms in total. The van der Waals surface area contributed by atoms with Crippen LogP contribution in [0, 0.1) is 0 Å². The molecule has 82 valence electrons. The molecule has 0 aromatic carbocycles. The molecule has 0 aliphatic rings. The third-order valence-electron chi connectivity index (χ3n) is 1.55. The van der Waals surface area contributed by atoms with E-state index in [0.717, 1.165) is 12.1 Å². The predicted octanol–water partition coefficient (Wildman–Crippen LogP) is 2.96. The second kappa shape index (κ2) is 5.16. The Labute approximate surface area is 93.6 Å². The van der Waals surface area contributed by atoms with E-state index in [1.807, 2.05) is 0 Å². The lowest BCUT2D eigenvalue weighted by molar-refractivity contribution is 0.0518. The summed E-state index contributed by atoms with van der Waals surface area (Å²) in [5.74, 6) is -0.708. The maximum Gasteiger partial charge on any atom is 0.356 e. The van der Waals surface area contributed by atoms with Crippen LogP contribution in [0.25, 0.3) is 0 Å². The van der Waals surface area contributed by atoms with Gasteiger partial charge in [0, 0.05) is 5.56 Å². The van der Waals surface area contributed by atoms with Gasteiger partial charge in [-0.05, 0) is 35.0 Å². The van der Waals surface area contributed by atoms with Gasteiger partial charge in [0.25, 0.3) is 6.43 Å². The van der Waals surface area contributed by atoms with E-state index in [-0.39, 0.29) is 22.5 Å². The molecule has 6 heteroatoms. The largest absolute Gasteiger partial charge is 0.461 e. The number of ether oxygens (including phenoxy) is 1. The molecule has 1 aromatic rings. The van der Waals surface area contributed by atoms with Crippen molar-refractivity contribution < 1.29 is 18.3 Å². The number of hydrogen-bond donors (Lipinski definition) is 0. The fourth-order valence-corrected chi connectivity index (χ4v) is 1.41. The third-order valence-corrected chi connectivity index (χ3v) is 1.96. The van der Waals surface area contributed by atoms with E-state index in [0.29, 0.717) is 0 Å². The number of aromatic nitrogens is 1. The highest BCUT2D eigenvalue weighted by Gasteiger charge is 2.15. The van der Waals surface area contributed by atoms with Gasteiger partial charge < -0.3 is 4.74 Å². The summed E-state index contributed by atoms with van der Waals surface area (Å²) in [4.78, 5) is 15.0. The van der Waals surface area contributed by atoms with Gasteiger partial charge in [-0.15, -0.1) is 0 Å². The number of esters is 1. The van der Waals surface area contributed by atoms with Gasteiger partial charge in [-0.3, -0.25) is 0 Å². The first kappa shape index (κ1) is 12.0. The van der Waals surface area contributed by atoms with Gasteiger partial charge in [-0.2, -0.15) is 0 Å². The zero-order valence-electron chi connectivity index (χ0n) is 7.84. The highest BCUT2D eigenvalue weighted by Crippen LogP contribution is 2.22. The summed E-state index contributed by atoms with van der Waals surface area (Å²) >= 11 is 2.95. The van der Waals surface area contributed by atoms with Crippen molar-refractivity contribution in [3.8, 4) is 0 Å². The minimum atomic E-state index is -2.64. The Hall–Kier alpha value is -1.04. The van der Waals surface area contributed by atoms with E-state index >= 15 is 0 Å². The Morgan fingerprint density at radius 1 is 1.60 bits per heavy atom. The summed E-state index contributed by atoms with van der Waals surface area (Å²) < 4.78 is 29.6. The van der Waals surface area contributed by atoms with Gasteiger partial charge in [0.15, 0.2) is 0 Å². The predicted molar refractivity (Wildman–Crippen MR) is 52.9 cm³/mol. The molecule has 1 heterocycles. The van der Waals surface area contributed by atoms with Crippen molar-refractivity contribution in [2.75, 3.05) is 6.61 Å². The number of rotatable bonds is 3. The molecule has 1 rings (SSSR count). The van der Waals surface area contributed by atoms with Gasteiger partial charge in [0.2, 0.25) is 0 Å². The smallest absolute Gasteiger partial charge is 0.356 e. The number of pyridine rings is 1. The number of halogens is 3. The summed E-state index contributed by atoms with van der Waals surface area (Å²) in [6.45, 7) is 1.81. The van der Waals surface area contributed by atoms with Crippen molar-refractivity contribution in [1.29, 1.82) is 0 Å². The molecule has 0 aliphatic carbocycles. The van der Waals surface area contributed by atoms with Crippen LogP contribution in [-0.2, 0) is 4.74 Å². The van der Waals surface area contributed by atoms with Crippen LogP contribution in [0.5, 0.6) is 0 Å². The summed E-state index contributed by atoms with van der Waals surface area (Å²) in [6.07, 6.45) is -2.64. The summed E-state index contributed by atoms with van der Waals surface area (Å²) in [6, 6.07) is 2.18. The SMILES string of the molecule is CCOC(=O)c1cc(C(F)F)cc(Br)n1. The quantitative estimate of drug-likeness (QED) is 0.631. The molecule has 0 N–H and O–H groups in total. The van der Waals surface area contributed by atoms with Crippen molar-refractivity contribution >= 4 is 21.9 Å². The Balaban J connectivity index is 3.03. The molecular formula is C9H8BrF2NO2. The molecule has 0 saturated heterocycles. The van der Waals surface area contributed by atoms with Gasteiger partial charge in [0.1, 0.15) is 10.3 Å². The second-order valence-electron chi connectivity index (χ2n) is 2.63. The van der Waals surface area contributed by atoms with Crippen molar-refractivity contribution in [3.05, 3.63) is 28.0 Å². The molecule has 0 aliphatic heterocycles. The van der Waals surface area contributed by atoms with Crippen LogP contribution in [0.3, 0.4) is 0 Å².